The van der Waals surface area contributed by atoms with E-state index >= 15 is 0 Å². The van der Waals surface area contributed by atoms with Crippen LogP contribution in [0.2, 0.25) is 0 Å². The Bertz CT molecular complexity index is 869. The number of piperidine rings is 1. The molecule has 0 spiro atoms. The van der Waals surface area contributed by atoms with Crippen molar-refractivity contribution in [1.82, 2.24) is 9.88 Å². The Morgan fingerprint density at radius 1 is 1.00 bits per heavy atom. The Balaban J connectivity index is 1.40. The average Bonchev–Trinajstić information content (AvgIpc) is 3.06. The molecule has 0 aliphatic carbocycles. The predicted molar refractivity (Wildman–Crippen MR) is 118 cm³/mol. The first kappa shape index (κ1) is 20.2. The molecule has 1 N–H and O–H groups in total. The first-order valence-electron chi connectivity index (χ1n) is 11.0. The number of carbonyl (C=O) groups is 1. The second-order valence-electron chi connectivity index (χ2n) is 8.25. The van der Waals surface area contributed by atoms with E-state index in [1.807, 2.05) is 42.5 Å². The van der Waals surface area contributed by atoms with Crippen molar-refractivity contribution < 1.29 is 4.79 Å². The molecule has 2 aliphatic heterocycles. The van der Waals surface area contributed by atoms with Crippen molar-refractivity contribution in [2.75, 3.05) is 29.9 Å². The van der Waals surface area contributed by atoms with E-state index in [9.17, 15) is 4.79 Å². The summed E-state index contributed by atoms with van der Waals surface area (Å²) < 4.78 is 0. The number of likely N-dealkylation sites (tertiary alicyclic amines) is 1. The van der Waals surface area contributed by atoms with Crippen LogP contribution in [0.4, 0.5) is 16.3 Å². The molecular weight excluding hydrogens is 374 g/mol. The Labute approximate surface area is 178 Å². The number of urea groups is 1. The summed E-state index contributed by atoms with van der Waals surface area (Å²) in [6.07, 6.45) is 8.30. The molecule has 1 aromatic heterocycles. The van der Waals surface area contributed by atoms with Crippen molar-refractivity contribution in [2.24, 2.45) is 5.92 Å². The van der Waals surface area contributed by atoms with Gasteiger partial charge in [-0.15, -0.1) is 0 Å². The molecule has 2 saturated heterocycles. The number of anilines is 2. The van der Waals surface area contributed by atoms with Gasteiger partial charge in [0, 0.05) is 37.6 Å². The molecular formula is C24H29N5O. The van der Waals surface area contributed by atoms with Gasteiger partial charge in [-0.05, 0) is 55.9 Å². The largest absolute Gasteiger partial charge is 0.357 e. The predicted octanol–water partition coefficient (Wildman–Crippen LogP) is 4.65. The third-order valence-corrected chi connectivity index (χ3v) is 6.37. The summed E-state index contributed by atoms with van der Waals surface area (Å²) in [5.41, 5.74) is 1.44. The molecule has 0 radical (unpaired) electrons. The van der Waals surface area contributed by atoms with Gasteiger partial charge in [0.05, 0.1) is 5.56 Å². The van der Waals surface area contributed by atoms with Crippen molar-refractivity contribution in [3.8, 4) is 6.07 Å². The van der Waals surface area contributed by atoms with E-state index in [0.29, 0.717) is 17.5 Å². The summed E-state index contributed by atoms with van der Waals surface area (Å²) in [7, 11) is 0. The zero-order chi connectivity index (χ0) is 20.8. The highest BCUT2D eigenvalue weighted by Gasteiger charge is 2.34. The summed E-state index contributed by atoms with van der Waals surface area (Å²) in [6.45, 7) is 2.71. The molecule has 1 atom stereocenters. The molecule has 0 saturated carbocycles. The smallest absolute Gasteiger partial charge is 0.322 e. The number of nitriles is 1. The third-order valence-electron chi connectivity index (χ3n) is 6.37. The first-order valence-corrected chi connectivity index (χ1v) is 11.0. The van der Waals surface area contributed by atoms with Crippen molar-refractivity contribution in [3.63, 3.8) is 0 Å². The monoisotopic (exact) mass is 403 g/mol. The highest BCUT2D eigenvalue weighted by Crippen LogP contribution is 2.31. The average molecular weight is 404 g/mol. The number of rotatable bonds is 3. The van der Waals surface area contributed by atoms with Gasteiger partial charge >= 0.3 is 6.03 Å². The standard InChI is InChI=1S/C24H29N5O/c25-17-19-10-11-23(26-18-19)28-15-12-20(13-16-28)22-9-5-2-6-14-29(22)24(30)27-21-7-3-1-4-8-21/h1,3-4,7-8,10-11,18,20,22H,2,5-6,9,12-16H2,(H,27,30). The summed E-state index contributed by atoms with van der Waals surface area (Å²) in [5.74, 6) is 1.45. The number of hydrogen-bond donors (Lipinski definition) is 1. The fourth-order valence-electron chi connectivity index (χ4n) is 4.75. The molecule has 4 rings (SSSR count). The van der Waals surface area contributed by atoms with Crippen LogP contribution in [0.15, 0.2) is 48.7 Å². The maximum atomic E-state index is 13.1. The van der Waals surface area contributed by atoms with Crippen LogP contribution in [-0.2, 0) is 0 Å². The molecule has 2 aliphatic rings. The highest BCUT2D eigenvalue weighted by atomic mass is 16.2. The van der Waals surface area contributed by atoms with E-state index in [4.69, 9.17) is 5.26 Å². The second kappa shape index (κ2) is 9.62. The number of amides is 2. The van der Waals surface area contributed by atoms with Gasteiger partial charge in [-0.2, -0.15) is 5.26 Å². The molecule has 3 heterocycles. The lowest BCUT2D eigenvalue weighted by Gasteiger charge is -2.41. The van der Waals surface area contributed by atoms with Crippen LogP contribution in [-0.4, -0.2) is 41.6 Å². The Hall–Kier alpha value is -3.07. The maximum absolute atomic E-state index is 13.1. The van der Waals surface area contributed by atoms with E-state index in [2.05, 4.69) is 26.2 Å². The normalized spacial score (nSPS) is 20.3. The molecule has 156 valence electrons. The number of carbonyl (C=O) groups excluding carboxylic acids is 1. The summed E-state index contributed by atoms with van der Waals surface area (Å²) in [4.78, 5) is 21.9. The van der Waals surface area contributed by atoms with E-state index in [0.717, 1.165) is 56.8 Å². The van der Waals surface area contributed by atoms with Gasteiger partial charge in [-0.1, -0.05) is 31.0 Å². The molecule has 1 aromatic carbocycles. The molecule has 1 unspecified atom stereocenters. The van der Waals surface area contributed by atoms with Gasteiger partial charge in [0.2, 0.25) is 0 Å². The van der Waals surface area contributed by atoms with Gasteiger partial charge in [0.25, 0.3) is 0 Å². The molecule has 6 heteroatoms. The summed E-state index contributed by atoms with van der Waals surface area (Å²) in [6, 6.07) is 15.9. The topological polar surface area (TPSA) is 72.3 Å². The lowest BCUT2D eigenvalue weighted by molar-refractivity contribution is 0.146. The fraction of sp³-hybridized carbons (Fsp3) is 0.458. The third kappa shape index (κ3) is 4.73. The minimum Gasteiger partial charge on any atom is -0.357 e. The number of hydrogen-bond acceptors (Lipinski definition) is 4. The Morgan fingerprint density at radius 3 is 2.50 bits per heavy atom. The number of nitrogens with zero attached hydrogens (tertiary/aromatic N) is 4. The zero-order valence-electron chi connectivity index (χ0n) is 17.3. The van der Waals surface area contributed by atoms with Gasteiger partial charge in [-0.25, -0.2) is 9.78 Å². The highest BCUT2D eigenvalue weighted by molar-refractivity contribution is 5.89. The first-order chi connectivity index (χ1) is 14.7. The molecule has 0 bridgehead atoms. The fourth-order valence-corrected chi connectivity index (χ4v) is 4.75. The lowest BCUT2D eigenvalue weighted by Crippen LogP contribution is -2.49. The minimum absolute atomic E-state index is 0.0317. The summed E-state index contributed by atoms with van der Waals surface area (Å²) in [5, 5.41) is 12.1. The van der Waals surface area contributed by atoms with Crippen LogP contribution in [0.5, 0.6) is 0 Å². The molecule has 2 amide bonds. The van der Waals surface area contributed by atoms with E-state index < -0.39 is 0 Å². The summed E-state index contributed by atoms with van der Waals surface area (Å²) >= 11 is 0. The van der Waals surface area contributed by atoms with Crippen LogP contribution in [0.3, 0.4) is 0 Å². The van der Waals surface area contributed by atoms with Gasteiger partial charge in [0.15, 0.2) is 0 Å². The van der Waals surface area contributed by atoms with Crippen LogP contribution < -0.4 is 10.2 Å². The number of nitrogens with one attached hydrogen (secondary N) is 1. The Morgan fingerprint density at radius 2 is 1.80 bits per heavy atom. The van der Waals surface area contributed by atoms with Crippen LogP contribution in [0, 0.1) is 17.2 Å². The quantitative estimate of drug-likeness (QED) is 0.810. The van der Waals surface area contributed by atoms with Gasteiger partial charge in [-0.3, -0.25) is 0 Å². The van der Waals surface area contributed by atoms with Gasteiger partial charge in [0.1, 0.15) is 11.9 Å². The molecule has 2 fully saturated rings. The van der Waals surface area contributed by atoms with E-state index in [1.165, 1.54) is 12.8 Å². The van der Waals surface area contributed by atoms with E-state index in [-0.39, 0.29) is 6.03 Å². The van der Waals surface area contributed by atoms with Crippen LogP contribution in [0.1, 0.15) is 44.1 Å². The second-order valence-corrected chi connectivity index (χ2v) is 8.25. The van der Waals surface area contributed by atoms with Crippen molar-refractivity contribution in [1.29, 1.82) is 5.26 Å². The number of para-hydroxylation sites is 1. The van der Waals surface area contributed by atoms with E-state index in [1.54, 1.807) is 6.20 Å². The Kier molecular flexibility index (Phi) is 6.48. The van der Waals surface area contributed by atoms with Crippen LogP contribution >= 0.6 is 0 Å². The van der Waals surface area contributed by atoms with Crippen molar-refractivity contribution in [2.45, 2.75) is 44.6 Å². The minimum atomic E-state index is 0.0317. The number of aromatic nitrogens is 1. The van der Waals surface area contributed by atoms with Gasteiger partial charge < -0.3 is 15.1 Å². The number of benzene rings is 1. The number of pyridine rings is 1. The van der Waals surface area contributed by atoms with Crippen molar-refractivity contribution in [3.05, 3.63) is 54.2 Å². The lowest BCUT2D eigenvalue weighted by atomic mass is 9.86. The maximum Gasteiger partial charge on any atom is 0.322 e. The SMILES string of the molecule is N#Cc1ccc(N2CCC(C3CCCCCN3C(=O)Nc3ccccc3)CC2)nc1. The zero-order valence-corrected chi connectivity index (χ0v) is 17.3. The molecule has 6 nitrogen and oxygen atoms in total. The molecule has 30 heavy (non-hydrogen) atoms. The van der Waals surface area contributed by atoms with Crippen molar-refractivity contribution >= 4 is 17.5 Å². The van der Waals surface area contributed by atoms with Crippen LogP contribution in [0.25, 0.3) is 0 Å². The molecule has 2 aromatic rings.